The Morgan fingerprint density at radius 3 is 2.41 bits per heavy atom. The maximum absolute atomic E-state index is 14.7. The van der Waals surface area contributed by atoms with Crippen LogP contribution in [0.5, 0.6) is 0 Å². The van der Waals surface area contributed by atoms with Crippen molar-refractivity contribution in [3.05, 3.63) is 107 Å². The first-order valence-electron chi connectivity index (χ1n) is 15.5. The molecule has 4 aromatic rings. The van der Waals surface area contributed by atoms with E-state index in [0.29, 0.717) is 5.69 Å². The average molecular weight is 701 g/mol. The van der Waals surface area contributed by atoms with E-state index in [-0.39, 0.29) is 48.4 Å². The summed E-state index contributed by atoms with van der Waals surface area (Å²) >= 11 is 6.14. The summed E-state index contributed by atoms with van der Waals surface area (Å²) in [6.07, 6.45) is -2.51. The Balaban J connectivity index is 1.58. The number of halogens is 5. The maximum atomic E-state index is 14.7. The van der Waals surface area contributed by atoms with Gasteiger partial charge in [-0.3, -0.25) is 9.69 Å². The molecule has 2 aliphatic rings. The van der Waals surface area contributed by atoms with Gasteiger partial charge in [0.1, 0.15) is 29.1 Å². The van der Waals surface area contributed by atoms with Gasteiger partial charge < -0.3 is 18.8 Å². The van der Waals surface area contributed by atoms with Crippen molar-refractivity contribution in [3.8, 4) is 5.69 Å². The van der Waals surface area contributed by atoms with Crippen molar-refractivity contribution in [1.29, 1.82) is 0 Å². The Morgan fingerprint density at radius 2 is 1.78 bits per heavy atom. The van der Waals surface area contributed by atoms with Crippen molar-refractivity contribution in [3.63, 3.8) is 0 Å². The quantitative estimate of drug-likeness (QED) is 0.135. The molecule has 0 N–H and O–H groups in total. The molecule has 1 saturated carbocycles. The zero-order valence-electron chi connectivity index (χ0n) is 27.1. The summed E-state index contributed by atoms with van der Waals surface area (Å²) in [5.74, 6) is -1.55. The number of hydrogen-bond acceptors (Lipinski definition) is 7. The number of hydrogen-bond donors (Lipinski definition) is 0. The molecule has 2 aromatic heterocycles. The lowest BCUT2D eigenvalue weighted by Gasteiger charge is -2.39. The zero-order chi connectivity index (χ0) is 35.4. The van der Waals surface area contributed by atoms with Gasteiger partial charge in [0.2, 0.25) is 5.91 Å². The number of imidazole rings is 1. The normalized spacial score (nSPS) is 20.1. The molecule has 2 atom stereocenters. The third-order valence-electron chi connectivity index (χ3n) is 8.58. The number of ether oxygens (including phenoxy) is 3. The van der Waals surface area contributed by atoms with Gasteiger partial charge in [-0.2, -0.15) is 13.2 Å². The van der Waals surface area contributed by atoms with E-state index in [1.807, 2.05) is 30.3 Å². The van der Waals surface area contributed by atoms with Crippen LogP contribution in [-0.2, 0) is 31.8 Å². The number of nitrogens with zero attached hydrogens (tertiary/aromatic N) is 4. The predicted octanol–water partition coefficient (Wildman–Crippen LogP) is 8.16. The van der Waals surface area contributed by atoms with Crippen LogP contribution < -0.4 is 4.90 Å². The van der Waals surface area contributed by atoms with Crippen LogP contribution in [0.25, 0.3) is 5.69 Å². The number of benzene rings is 2. The van der Waals surface area contributed by atoms with Gasteiger partial charge in [0.25, 0.3) is 0 Å². The highest BCUT2D eigenvalue weighted by Crippen LogP contribution is 2.67. The fourth-order valence-electron chi connectivity index (χ4n) is 6.34. The lowest BCUT2D eigenvalue weighted by Crippen LogP contribution is -2.52. The third-order valence-corrected chi connectivity index (χ3v) is 8.87. The summed E-state index contributed by atoms with van der Waals surface area (Å²) in [5.41, 5.74) is -4.24. The molecule has 258 valence electrons. The molecule has 1 spiro atoms. The zero-order valence-corrected chi connectivity index (χ0v) is 27.8. The molecular weight excluding hydrogens is 668 g/mol. The minimum atomic E-state index is -4.76. The highest BCUT2D eigenvalue weighted by Gasteiger charge is 2.79. The number of aryl methyl sites for hydroxylation is 1. The summed E-state index contributed by atoms with van der Waals surface area (Å²) < 4.78 is 76.2. The Bertz CT molecular complexity index is 1890. The van der Waals surface area contributed by atoms with Crippen LogP contribution in [0.1, 0.15) is 62.3 Å². The molecular formula is C35H33ClF4N4O5. The molecule has 0 unspecified atom stereocenters. The van der Waals surface area contributed by atoms with E-state index in [1.54, 1.807) is 20.8 Å². The van der Waals surface area contributed by atoms with E-state index in [2.05, 4.69) is 9.97 Å². The summed E-state index contributed by atoms with van der Waals surface area (Å²) in [7, 11) is 0. The van der Waals surface area contributed by atoms with Gasteiger partial charge >= 0.3 is 12.3 Å². The minimum absolute atomic E-state index is 0.000712. The molecule has 9 nitrogen and oxygen atoms in total. The van der Waals surface area contributed by atoms with Gasteiger partial charge in [-0.05, 0) is 76.4 Å². The Hall–Kier alpha value is -4.49. The van der Waals surface area contributed by atoms with Crippen LogP contribution in [0.3, 0.4) is 0 Å². The van der Waals surface area contributed by atoms with Gasteiger partial charge in [0.15, 0.2) is 5.60 Å². The fourth-order valence-corrected chi connectivity index (χ4v) is 6.52. The standard InChI is InChI=1S/C35H33ClF4N4O5/c1-21-16-23(35(38,39)40)17-27(42-21)44-28(29-41-14-15-43(29)24-10-11-26(37)25(36)18-24)34(33(12-13-33)30(44)45,49-31(46)48-32(2,3)4)20-47-19-22-8-6-5-7-9-22/h5-11,14-18,28H,12-13,19-20H2,1-4H3/t28-,34+/m1/s1. The van der Waals surface area contributed by atoms with Crippen LogP contribution >= 0.6 is 11.6 Å². The highest BCUT2D eigenvalue weighted by atomic mass is 35.5. The molecule has 3 heterocycles. The molecule has 0 bridgehead atoms. The number of amides is 1. The topological polar surface area (TPSA) is 95.8 Å². The van der Waals surface area contributed by atoms with Crippen molar-refractivity contribution in [2.24, 2.45) is 5.41 Å². The number of alkyl halides is 3. The van der Waals surface area contributed by atoms with Gasteiger partial charge in [-0.1, -0.05) is 41.9 Å². The lowest BCUT2D eigenvalue weighted by molar-refractivity contribution is -0.144. The number of rotatable bonds is 8. The smallest absolute Gasteiger partial charge is 0.429 e. The molecule has 1 saturated heterocycles. The second-order valence-electron chi connectivity index (χ2n) is 13.2. The van der Waals surface area contributed by atoms with Gasteiger partial charge in [-0.25, -0.2) is 19.2 Å². The summed E-state index contributed by atoms with van der Waals surface area (Å²) in [5, 5.41) is -0.201. The van der Waals surface area contributed by atoms with Gasteiger partial charge in [-0.15, -0.1) is 0 Å². The third kappa shape index (κ3) is 6.49. The van der Waals surface area contributed by atoms with Crippen molar-refractivity contribution < 1.29 is 41.4 Å². The fraction of sp³-hybridized carbons (Fsp3) is 0.371. The minimum Gasteiger partial charge on any atom is -0.429 e. The first kappa shape index (κ1) is 34.4. The highest BCUT2D eigenvalue weighted by molar-refractivity contribution is 6.30. The van der Waals surface area contributed by atoms with Crippen molar-refractivity contribution in [2.45, 2.75) is 70.6 Å². The van der Waals surface area contributed by atoms with E-state index >= 15 is 0 Å². The number of carbonyl (C=O) groups excluding carboxylic acids is 2. The van der Waals surface area contributed by atoms with Crippen molar-refractivity contribution in [2.75, 3.05) is 11.5 Å². The molecule has 6 rings (SSSR count). The molecule has 49 heavy (non-hydrogen) atoms. The second-order valence-corrected chi connectivity index (χ2v) is 13.6. The van der Waals surface area contributed by atoms with E-state index in [1.165, 1.54) is 36.0 Å². The molecule has 1 amide bonds. The monoisotopic (exact) mass is 700 g/mol. The number of aromatic nitrogens is 3. The summed E-state index contributed by atoms with van der Waals surface area (Å²) in [6.45, 7) is 6.00. The van der Waals surface area contributed by atoms with Crippen molar-refractivity contribution in [1.82, 2.24) is 14.5 Å². The van der Waals surface area contributed by atoms with Crippen LogP contribution in [0, 0.1) is 18.2 Å². The molecule has 1 aliphatic carbocycles. The van der Waals surface area contributed by atoms with Crippen LogP contribution in [0.4, 0.5) is 28.2 Å². The molecule has 0 radical (unpaired) electrons. The first-order valence-corrected chi connectivity index (χ1v) is 15.8. The van der Waals surface area contributed by atoms with E-state index < -0.39 is 52.3 Å². The molecule has 2 aromatic carbocycles. The van der Waals surface area contributed by atoms with E-state index in [9.17, 15) is 27.2 Å². The van der Waals surface area contributed by atoms with Gasteiger partial charge in [0, 0.05) is 23.8 Å². The van der Waals surface area contributed by atoms with Crippen LogP contribution in [0.15, 0.2) is 73.1 Å². The van der Waals surface area contributed by atoms with Crippen LogP contribution in [0.2, 0.25) is 5.02 Å². The van der Waals surface area contributed by atoms with Crippen molar-refractivity contribution >= 4 is 29.5 Å². The van der Waals surface area contributed by atoms with E-state index in [0.717, 1.165) is 28.7 Å². The molecule has 1 aliphatic heterocycles. The van der Waals surface area contributed by atoms with E-state index in [4.69, 9.17) is 25.8 Å². The summed E-state index contributed by atoms with van der Waals surface area (Å²) in [4.78, 5) is 38.4. The number of pyridine rings is 1. The average Bonchev–Trinajstić information content (AvgIpc) is 3.65. The number of anilines is 1. The largest absolute Gasteiger partial charge is 0.509 e. The Morgan fingerprint density at radius 1 is 1.06 bits per heavy atom. The first-order chi connectivity index (χ1) is 23.0. The molecule has 14 heteroatoms. The summed E-state index contributed by atoms with van der Waals surface area (Å²) in [6, 6.07) is 13.3. The Labute approximate surface area is 284 Å². The second kappa shape index (κ2) is 12.4. The SMILES string of the molecule is Cc1cc(C(F)(F)F)cc(N2C(=O)C3(CC3)[C@@](COCc3ccccc3)(OC(=O)OC(C)(C)C)[C@H]2c2nccn2-c2ccc(F)c(Cl)c2)n1. The number of carbonyl (C=O) groups is 2. The lowest BCUT2D eigenvalue weighted by atomic mass is 9.81. The predicted molar refractivity (Wildman–Crippen MR) is 171 cm³/mol. The molecule has 2 fully saturated rings. The Kier molecular flexibility index (Phi) is 8.73. The van der Waals surface area contributed by atoms with Gasteiger partial charge in [0.05, 0.1) is 29.2 Å². The maximum Gasteiger partial charge on any atom is 0.509 e. The van der Waals surface area contributed by atoms with Crippen LogP contribution in [-0.4, -0.2) is 44.4 Å².